The molecule has 0 aliphatic carbocycles. The first-order valence-electron chi connectivity index (χ1n) is 8.81. The van der Waals surface area contributed by atoms with Gasteiger partial charge in [0.2, 0.25) is 5.95 Å². The number of aromatic nitrogens is 2. The van der Waals surface area contributed by atoms with Crippen LogP contribution in [-0.2, 0) is 4.79 Å². The van der Waals surface area contributed by atoms with Crippen molar-refractivity contribution in [1.82, 2.24) is 9.97 Å². The van der Waals surface area contributed by atoms with Gasteiger partial charge in [0.15, 0.2) is 0 Å². The zero-order valence-electron chi connectivity index (χ0n) is 14.3. The van der Waals surface area contributed by atoms with Gasteiger partial charge in [-0.05, 0) is 50.2 Å². The van der Waals surface area contributed by atoms with Crippen molar-refractivity contribution in [2.45, 2.75) is 52.4 Å². The molecule has 23 heavy (non-hydrogen) atoms. The topological polar surface area (TPSA) is 49.0 Å². The van der Waals surface area contributed by atoms with Crippen LogP contribution in [0.25, 0.3) is 11.0 Å². The number of hydrogen-bond donors (Lipinski definition) is 1. The predicted molar refractivity (Wildman–Crippen MR) is 94.8 cm³/mol. The summed E-state index contributed by atoms with van der Waals surface area (Å²) < 4.78 is 0. The molecule has 0 atom stereocenters. The summed E-state index contributed by atoms with van der Waals surface area (Å²) in [4.78, 5) is 21.9. The Morgan fingerprint density at radius 2 is 2.00 bits per heavy atom. The second kappa shape index (κ2) is 6.73. The summed E-state index contributed by atoms with van der Waals surface area (Å²) in [5.74, 6) is 1.31. The normalized spacial score (nSPS) is 17.6. The number of fused-ring (bicyclic) bond motifs is 1. The molecule has 124 valence electrons. The highest BCUT2D eigenvalue weighted by molar-refractivity contribution is 5.77. The van der Waals surface area contributed by atoms with Crippen LogP contribution >= 0.6 is 0 Å². The van der Waals surface area contributed by atoms with Crippen molar-refractivity contribution in [2.24, 2.45) is 5.41 Å². The van der Waals surface area contributed by atoms with Crippen LogP contribution in [0.2, 0.25) is 0 Å². The van der Waals surface area contributed by atoms with Gasteiger partial charge in [-0.15, -0.1) is 0 Å². The quantitative estimate of drug-likeness (QED) is 0.864. The second-order valence-corrected chi connectivity index (χ2v) is 7.02. The molecule has 4 heteroatoms. The maximum atomic E-state index is 11.4. The van der Waals surface area contributed by atoms with E-state index in [0.717, 1.165) is 55.8 Å². The number of anilines is 1. The van der Waals surface area contributed by atoms with E-state index < -0.39 is 0 Å². The zero-order valence-corrected chi connectivity index (χ0v) is 14.3. The monoisotopic (exact) mass is 313 g/mol. The molecule has 1 aliphatic rings. The maximum Gasteiger partial charge on any atom is 0.203 e. The number of benzene rings is 1. The molecule has 2 heterocycles. The van der Waals surface area contributed by atoms with E-state index in [2.05, 4.69) is 22.9 Å². The SMILES string of the molecule is CCCC1(CCC(C)=O)CCN(c2nc3ccccc3[nH]2)CC1. The van der Waals surface area contributed by atoms with Crippen LogP contribution < -0.4 is 4.90 Å². The molecule has 2 aromatic rings. The number of nitrogens with one attached hydrogen (secondary N) is 1. The molecule has 0 bridgehead atoms. The van der Waals surface area contributed by atoms with E-state index in [4.69, 9.17) is 4.98 Å². The van der Waals surface area contributed by atoms with Crippen molar-refractivity contribution < 1.29 is 4.79 Å². The van der Waals surface area contributed by atoms with Crippen LogP contribution in [0.15, 0.2) is 24.3 Å². The minimum Gasteiger partial charge on any atom is -0.342 e. The van der Waals surface area contributed by atoms with Crippen LogP contribution in [0, 0.1) is 5.41 Å². The number of aromatic amines is 1. The standard InChI is InChI=1S/C19H27N3O/c1-3-9-19(10-8-15(2)23)11-13-22(14-12-19)18-20-16-6-4-5-7-17(16)21-18/h4-7H,3,8-14H2,1-2H3,(H,20,21). The van der Waals surface area contributed by atoms with Crippen molar-refractivity contribution in [1.29, 1.82) is 0 Å². The van der Waals surface area contributed by atoms with Gasteiger partial charge < -0.3 is 14.7 Å². The molecule has 1 fully saturated rings. The van der Waals surface area contributed by atoms with Crippen LogP contribution in [0.1, 0.15) is 52.4 Å². The Kier molecular flexibility index (Phi) is 4.69. The Hall–Kier alpha value is -1.84. The third-order valence-corrected chi connectivity index (χ3v) is 5.29. The van der Waals surface area contributed by atoms with Crippen LogP contribution in [0.5, 0.6) is 0 Å². The smallest absolute Gasteiger partial charge is 0.203 e. The third kappa shape index (κ3) is 3.57. The summed E-state index contributed by atoms with van der Waals surface area (Å²) in [5, 5.41) is 0. The van der Waals surface area contributed by atoms with Gasteiger partial charge in [-0.2, -0.15) is 0 Å². The Morgan fingerprint density at radius 3 is 2.65 bits per heavy atom. The largest absolute Gasteiger partial charge is 0.342 e. The van der Waals surface area contributed by atoms with Crippen molar-refractivity contribution in [3.05, 3.63) is 24.3 Å². The Morgan fingerprint density at radius 1 is 1.26 bits per heavy atom. The lowest BCUT2D eigenvalue weighted by molar-refractivity contribution is -0.117. The van der Waals surface area contributed by atoms with E-state index >= 15 is 0 Å². The summed E-state index contributed by atoms with van der Waals surface area (Å²) in [7, 11) is 0. The van der Waals surface area contributed by atoms with E-state index in [0.29, 0.717) is 11.2 Å². The molecule has 3 rings (SSSR count). The molecule has 1 N–H and O–H groups in total. The number of Topliss-reactive ketones (excluding diaryl/α,β-unsaturated/α-hetero) is 1. The molecule has 1 aromatic heterocycles. The molecule has 1 aliphatic heterocycles. The van der Waals surface area contributed by atoms with Gasteiger partial charge in [0, 0.05) is 19.5 Å². The van der Waals surface area contributed by atoms with E-state index in [1.54, 1.807) is 6.92 Å². The first-order valence-corrected chi connectivity index (χ1v) is 8.81. The maximum absolute atomic E-state index is 11.4. The zero-order chi connectivity index (χ0) is 16.3. The van der Waals surface area contributed by atoms with E-state index in [9.17, 15) is 4.79 Å². The van der Waals surface area contributed by atoms with Crippen LogP contribution in [0.3, 0.4) is 0 Å². The number of ketones is 1. The number of rotatable bonds is 6. The summed E-state index contributed by atoms with van der Waals surface area (Å²) >= 11 is 0. The lowest BCUT2D eigenvalue weighted by Crippen LogP contribution is -2.40. The fourth-order valence-electron chi connectivity index (χ4n) is 3.88. The summed E-state index contributed by atoms with van der Waals surface area (Å²) in [5.41, 5.74) is 2.48. The molecule has 1 aromatic carbocycles. The summed E-state index contributed by atoms with van der Waals surface area (Å²) in [6.45, 7) is 6.01. The number of H-pyrrole nitrogens is 1. The molecule has 0 unspecified atom stereocenters. The molecular weight excluding hydrogens is 286 g/mol. The number of carbonyl (C=O) groups is 1. The highest BCUT2D eigenvalue weighted by atomic mass is 16.1. The lowest BCUT2D eigenvalue weighted by atomic mass is 9.71. The molecule has 0 amide bonds. The van der Waals surface area contributed by atoms with Gasteiger partial charge >= 0.3 is 0 Å². The van der Waals surface area contributed by atoms with E-state index in [1.807, 2.05) is 18.2 Å². The Labute approximate surface area is 138 Å². The second-order valence-electron chi connectivity index (χ2n) is 7.02. The molecule has 0 radical (unpaired) electrons. The van der Waals surface area contributed by atoms with Crippen molar-refractivity contribution >= 4 is 22.8 Å². The molecule has 1 saturated heterocycles. The number of imidazole rings is 1. The lowest BCUT2D eigenvalue weighted by Gasteiger charge is -2.42. The van der Waals surface area contributed by atoms with Gasteiger partial charge in [-0.25, -0.2) is 4.98 Å². The number of piperidine rings is 1. The number of nitrogens with zero attached hydrogens (tertiary/aromatic N) is 2. The highest BCUT2D eigenvalue weighted by Crippen LogP contribution is 2.41. The highest BCUT2D eigenvalue weighted by Gasteiger charge is 2.34. The number of hydrogen-bond acceptors (Lipinski definition) is 3. The van der Waals surface area contributed by atoms with E-state index in [-0.39, 0.29) is 0 Å². The predicted octanol–water partition coefficient (Wildman–Crippen LogP) is 4.32. The van der Waals surface area contributed by atoms with E-state index in [1.165, 1.54) is 12.8 Å². The summed E-state index contributed by atoms with van der Waals surface area (Å²) in [6, 6.07) is 8.18. The van der Waals surface area contributed by atoms with Crippen molar-refractivity contribution in [2.75, 3.05) is 18.0 Å². The van der Waals surface area contributed by atoms with Gasteiger partial charge in [-0.3, -0.25) is 0 Å². The minimum atomic E-state index is 0.320. The van der Waals surface area contributed by atoms with Crippen LogP contribution in [-0.4, -0.2) is 28.8 Å². The first kappa shape index (κ1) is 16.0. The number of carbonyl (C=O) groups excluding carboxylic acids is 1. The first-order chi connectivity index (χ1) is 11.1. The van der Waals surface area contributed by atoms with Gasteiger partial charge in [0.05, 0.1) is 11.0 Å². The Bertz CT molecular complexity index is 635. The molecule has 0 spiro atoms. The van der Waals surface area contributed by atoms with Crippen molar-refractivity contribution in [3.8, 4) is 0 Å². The fraction of sp³-hybridized carbons (Fsp3) is 0.579. The third-order valence-electron chi connectivity index (χ3n) is 5.29. The van der Waals surface area contributed by atoms with Gasteiger partial charge in [-0.1, -0.05) is 25.5 Å². The fourth-order valence-corrected chi connectivity index (χ4v) is 3.88. The summed E-state index contributed by atoms with van der Waals surface area (Å²) in [6.07, 6.45) is 6.52. The van der Waals surface area contributed by atoms with Crippen LogP contribution in [0.4, 0.5) is 5.95 Å². The molecule has 4 nitrogen and oxygen atoms in total. The van der Waals surface area contributed by atoms with Gasteiger partial charge in [0.1, 0.15) is 5.78 Å². The van der Waals surface area contributed by atoms with Gasteiger partial charge in [0.25, 0.3) is 0 Å². The Balaban J connectivity index is 1.69. The molecular formula is C19H27N3O. The minimum absolute atomic E-state index is 0.320. The average Bonchev–Trinajstić information content (AvgIpc) is 2.98. The number of para-hydroxylation sites is 2. The molecule has 0 saturated carbocycles. The van der Waals surface area contributed by atoms with Crippen molar-refractivity contribution in [3.63, 3.8) is 0 Å². The average molecular weight is 313 g/mol.